The molecular weight excluding hydrogens is 913 g/mol. The molecule has 0 aromatic heterocycles. The Morgan fingerprint density at radius 3 is 0.592 bits per heavy atom. The third-order valence-corrected chi connectivity index (χ3v) is 14.2. The number of ether oxygens (including phenoxy) is 2. The average molecular weight is 1030 g/mol. The van der Waals surface area contributed by atoms with Gasteiger partial charge >= 0.3 is 49.7 Å². The summed E-state index contributed by atoms with van der Waals surface area (Å²) in [6.45, 7) is 9.00. The molecule has 8 nitrogen and oxygen atoms in total. The Morgan fingerprint density at radius 1 is 0.268 bits per heavy atom. The zero-order valence-corrected chi connectivity index (χ0v) is 50.1. The number of carbonyl (C=O) groups is 4. The second kappa shape index (κ2) is 63.4. The van der Waals surface area contributed by atoms with Gasteiger partial charge in [0.05, 0.1) is 11.9 Å². The van der Waals surface area contributed by atoms with Crippen LogP contribution in [-0.2, 0) is 28.7 Å². The van der Waals surface area contributed by atoms with E-state index in [9.17, 15) is 29.4 Å². The predicted octanol–water partition coefficient (Wildman–Crippen LogP) is 17.3. The summed E-state index contributed by atoms with van der Waals surface area (Å²) < 4.78 is 10.4. The number of hydrogen-bond donors (Lipinski definition) is 0. The van der Waals surface area contributed by atoms with Crippen LogP contribution >= 0.6 is 0 Å². The summed E-state index contributed by atoms with van der Waals surface area (Å²) in [6.07, 6.45) is 58.7. The smallest absolute Gasteiger partial charge is 0.546 e. The molecule has 0 aliphatic heterocycles. The van der Waals surface area contributed by atoms with Crippen molar-refractivity contribution in [3.8, 4) is 0 Å². The van der Waals surface area contributed by atoms with Gasteiger partial charge in [0, 0.05) is 12.8 Å². The van der Waals surface area contributed by atoms with Crippen molar-refractivity contribution in [2.75, 3.05) is 0 Å². The van der Waals surface area contributed by atoms with Crippen molar-refractivity contribution >= 4 is 61.6 Å². The largest absolute Gasteiger partial charge is 2.00 e. The molecule has 0 spiro atoms. The molecule has 0 amide bonds. The molecule has 0 bridgehead atoms. The van der Waals surface area contributed by atoms with Crippen LogP contribution in [-0.4, -0.2) is 73.8 Å². The summed E-state index contributed by atoms with van der Waals surface area (Å²) >= 11 is 0. The van der Waals surface area contributed by atoms with Gasteiger partial charge in [-0.05, 0) is 38.5 Å². The SMILES string of the molecule is CCCCCCCCCCCCCCCCC(OC(=O)CCCCCCCCCCCC)C(=O)[O-].CCCCCCCCCCCCCCCCC(OC(=O)CCCCCCCCCCCC)C(=O)[O-].[Ca+2]. The van der Waals surface area contributed by atoms with Gasteiger partial charge in [-0.25, -0.2) is 0 Å². The molecule has 2 atom stereocenters. The van der Waals surface area contributed by atoms with E-state index in [1.54, 1.807) is 0 Å². The molecule has 0 aliphatic carbocycles. The van der Waals surface area contributed by atoms with Crippen LogP contribution in [0.5, 0.6) is 0 Å². The summed E-state index contributed by atoms with van der Waals surface area (Å²) in [7, 11) is 0. The maximum atomic E-state index is 12.0. The summed E-state index contributed by atoms with van der Waals surface area (Å²) in [4.78, 5) is 46.8. The van der Waals surface area contributed by atoms with Crippen LogP contribution in [0.2, 0.25) is 0 Å². The normalized spacial score (nSPS) is 11.9. The maximum absolute atomic E-state index is 12.0. The third-order valence-electron chi connectivity index (χ3n) is 14.2. The van der Waals surface area contributed by atoms with Crippen molar-refractivity contribution in [1.82, 2.24) is 0 Å². The van der Waals surface area contributed by atoms with Gasteiger partial charge < -0.3 is 29.3 Å². The first-order valence-corrected chi connectivity index (χ1v) is 31.0. The molecule has 71 heavy (non-hydrogen) atoms. The Hall–Kier alpha value is -0.860. The molecule has 0 heterocycles. The van der Waals surface area contributed by atoms with E-state index in [-0.39, 0.29) is 49.7 Å². The second-order valence-corrected chi connectivity index (χ2v) is 21.2. The zero-order valence-electron chi connectivity index (χ0n) is 47.9. The molecule has 2 unspecified atom stereocenters. The maximum Gasteiger partial charge on any atom is 2.00 e. The number of carboxylic acids is 2. The molecule has 0 radical (unpaired) electrons. The molecule has 9 heteroatoms. The van der Waals surface area contributed by atoms with Crippen molar-refractivity contribution in [2.24, 2.45) is 0 Å². The average Bonchev–Trinajstić information content (AvgIpc) is 3.34. The van der Waals surface area contributed by atoms with Gasteiger partial charge in [0.25, 0.3) is 0 Å². The van der Waals surface area contributed by atoms with E-state index in [1.165, 1.54) is 231 Å². The van der Waals surface area contributed by atoms with Crippen LogP contribution in [0.1, 0.15) is 362 Å². The molecule has 0 aromatic rings. The van der Waals surface area contributed by atoms with Crippen LogP contribution in [0.4, 0.5) is 0 Å². The van der Waals surface area contributed by atoms with Gasteiger partial charge in [-0.15, -0.1) is 0 Å². The number of esters is 2. The van der Waals surface area contributed by atoms with Crippen LogP contribution in [0, 0.1) is 0 Å². The van der Waals surface area contributed by atoms with Crippen LogP contribution in [0.15, 0.2) is 0 Å². The van der Waals surface area contributed by atoms with Gasteiger partial charge in [-0.1, -0.05) is 310 Å². The van der Waals surface area contributed by atoms with Gasteiger partial charge in [0.15, 0.2) is 0 Å². The Labute approximate surface area is 471 Å². The first-order valence-electron chi connectivity index (χ1n) is 31.0. The zero-order chi connectivity index (χ0) is 51.6. The topological polar surface area (TPSA) is 133 Å². The van der Waals surface area contributed by atoms with E-state index in [0.29, 0.717) is 25.7 Å². The summed E-state index contributed by atoms with van der Waals surface area (Å²) in [5.74, 6) is -3.28. The minimum atomic E-state index is -1.25. The van der Waals surface area contributed by atoms with Crippen LogP contribution in [0.25, 0.3) is 0 Å². The number of carbonyl (C=O) groups excluding carboxylic acids is 4. The predicted molar refractivity (Wildman–Crippen MR) is 298 cm³/mol. The standard InChI is InChI=1S/2C31H60O4.Ca/c2*1-3-5-7-9-11-13-15-16-17-18-19-21-23-25-27-29(31(33)34)35-30(32)28-26-24-22-20-14-12-10-8-6-4-2;/h2*29H,3-28H2,1-2H3,(H,33,34);/q;;+2/p-2. The monoisotopic (exact) mass is 1030 g/mol. The van der Waals surface area contributed by atoms with Crippen molar-refractivity contribution in [2.45, 2.75) is 374 Å². The Balaban J connectivity index is -0.00000128. The quantitative estimate of drug-likeness (QED) is 0.0334. The Kier molecular flexibility index (Phi) is 66.5. The van der Waals surface area contributed by atoms with Gasteiger partial charge in [-0.3, -0.25) is 9.59 Å². The van der Waals surface area contributed by atoms with Crippen molar-refractivity contribution < 1.29 is 38.9 Å². The summed E-state index contributed by atoms with van der Waals surface area (Å²) in [6, 6.07) is 0. The number of hydrogen-bond acceptors (Lipinski definition) is 8. The molecule has 0 aliphatic rings. The minimum absolute atomic E-state index is 0. The van der Waals surface area contributed by atoms with E-state index in [2.05, 4.69) is 27.7 Å². The number of unbranched alkanes of at least 4 members (excludes halogenated alkanes) is 44. The summed E-state index contributed by atoms with van der Waals surface area (Å²) in [5.41, 5.74) is 0. The van der Waals surface area contributed by atoms with E-state index in [4.69, 9.17) is 9.47 Å². The molecule has 0 saturated carbocycles. The number of aliphatic carboxylic acids is 2. The third kappa shape index (κ3) is 61.6. The molecule has 0 saturated heterocycles. The Morgan fingerprint density at radius 2 is 0.423 bits per heavy atom. The van der Waals surface area contributed by atoms with Crippen molar-refractivity contribution in [3.63, 3.8) is 0 Å². The second-order valence-electron chi connectivity index (χ2n) is 21.2. The van der Waals surface area contributed by atoms with Gasteiger partial charge in [0.1, 0.15) is 12.2 Å². The number of rotatable bonds is 56. The van der Waals surface area contributed by atoms with Crippen molar-refractivity contribution in [3.05, 3.63) is 0 Å². The first-order chi connectivity index (χ1) is 34.2. The molecule has 0 aromatic carbocycles. The molecular formula is C62H118CaO8. The van der Waals surface area contributed by atoms with Crippen LogP contribution < -0.4 is 10.2 Å². The van der Waals surface area contributed by atoms with Crippen LogP contribution in [0.3, 0.4) is 0 Å². The molecule has 416 valence electrons. The van der Waals surface area contributed by atoms with E-state index in [1.807, 2.05) is 0 Å². The number of carboxylic acid groups (broad SMARTS) is 2. The fourth-order valence-corrected chi connectivity index (χ4v) is 9.45. The van der Waals surface area contributed by atoms with E-state index in [0.717, 1.165) is 77.0 Å². The first kappa shape index (κ1) is 74.4. The fraction of sp³-hybridized carbons (Fsp3) is 0.935. The fourth-order valence-electron chi connectivity index (χ4n) is 9.45. The van der Waals surface area contributed by atoms with Crippen molar-refractivity contribution in [1.29, 1.82) is 0 Å². The molecule has 0 rings (SSSR count). The molecule has 0 N–H and O–H groups in total. The van der Waals surface area contributed by atoms with E-state index < -0.39 is 24.1 Å². The van der Waals surface area contributed by atoms with E-state index >= 15 is 0 Å². The summed E-state index contributed by atoms with van der Waals surface area (Å²) in [5, 5.41) is 22.7. The minimum Gasteiger partial charge on any atom is -0.546 e. The molecule has 0 fully saturated rings. The van der Waals surface area contributed by atoms with Gasteiger partial charge in [-0.2, -0.15) is 0 Å². The Bertz CT molecular complexity index is 1020. The van der Waals surface area contributed by atoms with Gasteiger partial charge in [0.2, 0.25) is 0 Å².